The second kappa shape index (κ2) is 47.3. The molecule has 0 aromatic carbocycles. The Labute approximate surface area is 355 Å². The zero-order valence-electron chi connectivity index (χ0n) is 38.2. The second-order valence-corrected chi connectivity index (χ2v) is 17.4. The van der Waals surface area contributed by atoms with Crippen LogP contribution >= 0.6 is 0 Å². The monoisotopic (exact) mass is 802 g/mol. The van der Waals surface area contributed by atoms with Crippen molar-refractivity contribution >= 4 is 5.91 Å². The summed E-state index contributed by atoms with van der Waals surface area (Å²) in [5, 5.41) is 33.3. The van der Waals surface area contributed by atoms with Crippen LogP contribution < -0.4 is 5.32 Å². The van der Waals surface area contributed by atoms with E-state index in [1.165, 1.54) is 199 Å². The van der Waals surface area contributed by atoms with Crippen molar-refractivity contribution in [3.05, 3.63) is 36.5 Å². The summed E-state index contributed by atoms with van der Waals surface area (Å²) in [4.78, 5) is 12.5. The molecule has 336 valence electrons. The fourth-order valence-electron chi connectivity index (χ4n) is 7.79. The minimum atomic E-state index is -0.958. The topological polar surface area (TPSA) is 89.8 Å². The van der Waals surface area contributed by atoms with Crippen molar-refractivity contribution in [2.24, 2.45) is 0 Å². The van der Waals surface area contributed by atoms with Crippen molar-refractivity contribution in [3.63, 3.8) is 0 Å². The first-order valence-corrected chi connectivity index (χ1v) is 25.3. The highest BCUT2D eigenvalue weighted by Gasteiger charge is 2.20. The second-order valence-electron chi connectivity index (χ2n) is 17.4. The normalized spacial score (nSPS) is 13.7. The largest absolute Gasteiger partial charge is 0.394 e. The number of carbonyl (C=O) groups excluding carboxylic acids is 1. The molecule has 4 N–H and O–H groups in total. The average molecular weight is 802 g/mol. The standard InChI is InChI=1S/C52H99NO4/c1-3-5-7-9-11-13-15-17-19-21-22-23-24-25-26-27-28-30-31-33-35-37-39-41-43-45-49(55)47-52(57)53-50(48-54)51(56)46-44-42-40-38-36-34-32-29-20-18-16-14-12-10-8-6-4-2/h20,29,36,38,44,46,49-51,54-56H,3-19,21-28,30-35,37,39-43,45,47-48H2,1-2H3,(H,53,57)/b29-20+,38-36+,46-44+. The van der Waals surface area contributed by atoms with Crippen molar-refractivity contribution in [2.75, 3.05) is 6.61 Å². The van der Waals surface area contributed by atoms with Crippen LogP contribution in [0.2, 0.25) is 0 Å². The molecule has 1 amide bonds. The lowest BCUT2D eigenvalue weighted by Gasteiger charge is -2.21. The van der Waals surface area contributed by atoms with E-state index in [1.807, 2.05) is 6.08 Å². The zero-order chi connectivity index (χ0) is 41.5. The number of amides is 1. The predicted molar refractivity (Wildman–Crippen MR) is 250 cm³/mol. The number of nitrogens with one attached hydrogen (secondary N) is 1. The highest BCUT2D eigenvalue weighted by atomic mass is 16.3. The Bertz CT molecular complexity index is 885. The Kier molecular flexibility index (Phi) is 46.1. The number of unbranched alkanes of at least 4 members (excludes halogenated alkanes) is 33. The molecule has 5 heteroatoms. The van der Waals surface area contributed by atoms with E-state index in [9.17, 15) is 20.1 Å². The van der Waals surface area contributed by atoms with Crippen LogP contribution in [0.4, 0.5) is 0 Å². The predicted octanol–water partition coefficient (Wildman–Crippen LogP) is 15.1. The molecule has 0 heterocycles. The first-order valence-electron chi connectivity index (χ1n) is 25.3. The minimum Gasteiger partial charge on any atom is -0.394 e. The third kappa shape index (κ3) is 44.0. The van der Waals surface area contributed by atoms with Crippen LogP contribution in [0.1, 0.15) is 264 Å². The van der Waals surface area contributed by atoms with Crippen LogP contribution in [-0.2, 0) is 4.79 Å². The Morgan fingerprint density at radius 2 is 0.754 bits per heavy atom. The molecule has 0 aliphatic heterocycles. The summed E-state index contributed by atoms with van der Waals surface area (Å²) in [6.07, 6.45) is 60.3. The Morgan fingerprint density at radius 1 is 0.439 bits per heavy atom. The lowest BCUT2D eigenvalue weighted by atomic mass is 10.0. The van der Waals surface area contributed by atoms with Crippen LogP contribution in [-0.4, -0.2) is 46.1 Å². The summed E-state index contributed by atoms with van der Waals surface area (Å²) in [7, 11) is 0. The molecule has 0 saturated heterocycles. The van der Waals surface area contributed by atoms with Gasteiger partial charge in [-0.05, 0) is 44.9 Å². The summed E-state index contributed by atoms with van der Waals surface area (Å²) < 4.78 is 0. The molecule has 3 atom stereocenters. The summed E-state index contributed by atoms with van der Waals surface area (Å²) in [5.74, 6) is -0.326. The molecule has 0 rings (SSSR count). The van der Waals surface area contributed by atoms with Crippen LogP contribution in [0.15, 0.2) is 36.5 Å². The number of aliphatic hydroxyl groups is 3. The molecular formula is C52H99NO4. The van der Waals surface area contributed by atoms with E-state index in [0.29, 0.717) is 6.42 Å². The lowest BCUT2D eigenvalue weighted by Crippen LogP contribution is -2.45. The highest BCUT2D eigenvalue weighted by Crippen LogP contribution is 2.17. The van der Waals surface area contributed by atoms with E-state index < -0.39 is 18.2 Å². The smallest absolute Gasteiger partial charge is 0.222 e. The van der Waals surface area contributed by atoms with Gasteiger partial charge in [0.25, 0.3) is 0 Å². The van der Waals surface area contributed by atoms with Gasteiger partial charge in [-0.2, -0.15) is 0 Å². The maximum Gasteiger partial charge on any atom is 0.222 e. The number of allylic oxidation sites excluding steroid dienone is 5. The number of carbonyl (C=O) groups is 1. The van der Waals surface area contributed by atoms with Crippen LogP contribution in [0, 0.1) is 0 Å². The molecular weight excluding hydrogens is 703 g/mol. The third-order valence-corrected chi connectivity index (χ3v) is 11.7. The van der Waals surface area contributed by atoms with Crippen LogP contribution in [0.5, 0.6) is 0 Å². The fourth-order valence-corrected chi connectivity index (χ4v) is 7.79. The maximum atomic E-state index is 12.5. The number of hydrogen-bond donors (Lipinski definition) is 4. The minimum absolute atomic E-state index is 0.00540. The van der Waals surface area contributed by atoms with Gasteiger partial charge in [0, 0.05) is 0 Å². The van der Waals surface area contributed by atoms with Crippen LogP contribution in [0.25, 0.3) is 0 Å². The van der Waals surface area contributed by atoms with Gasteiger partial charge in [-0.15, -0.1) is 0 Å². The highest BCUT2D eigenvalue weighted by molar-refractivity contribution is 5.76. The molecule has 0 spiro atoms. The molecule has 0 aliphatic rings. The van der Waals surface area contributed by atoms with E-state index in [4.69, 9.17) is 0 Å². The van der Waals surface area contributed by atoms with Crippen molar-refractivity contribution in [1.29, 1.82) is 0 Å². The molecule has 3 unspecified atom stereocenters. The molecule has 0 radical (unpaired) electrons. The maximum absolute atomic E-state index is 12.5. The van der Waals surface area contributed by atoms with Gasteiger partial charge in [-0.1, -0.05) is 249 Å². The Balaban J connectivity index is 3.61. The molecule has 0 fully saturated rings. The first kappa shape index (κ1) is 55.6. The van der Waals surface area contributed by atoms with Crippen molar-refractivity contribution in [3.8, 4) is 0 Å². The van der Waals surface area contributed by atoms with Gasteiger partial charge >= 0.3 is 0 Å². The number of rotatable bonds is 46. The number of hydrogen-bond acceptors (Lipinski definition) is 4. The van der Waals surface area contributed by atoms with Crippen molar-refractivity contribution in [2.45, 2.75) is 283 Å². The summed E-state index contributed by atoms with van der Waals surface area (Å²) in [5.41, 5.74) is 0. The van der Waals surface area contributed by atoms with Gasteiger partial charge in [-0.3, -0.25) is 4.79 Å². The summed E-state index contributed by atoms with van der Waals surface area (Å²) in [6.45, 7) is 4.21. The van der Waals surface area contributed by atoms with Crippen LogP contribution in [0.3, 0.4) is 0 Å². The quantitative estimate of drug-likeness (QED) is 0.0365. The molecule has 0 aromatic rings. The molecule has 5 nitrogen and oxygen atoms in total. The van der Waals surface area contributed by atoms with E-state index in [0.717, 1.165) is 38.5 Å². The molecule has 57 heavy (non-hydrogen) atoms. The summed E-state index contributed by atoms with van der Waals surface area (Å²) >= 11 is 0. The number of aliphatic hydroxyl groups excluding tert-OH is 3. The van der Waals surface area contributed by atoms with E-state index in [2.05, 4.69) is 43.5 Å². The van der Waals surface area contributed by atoms with E-state index >= 15 is 0 Å². The van der Waals surface area contributed by atoms with E-state index in [-0.39, 0.29) is 18.9 Å². The third-order valence-electron chi connectivity index (χ3n) is 11.7. The molecule has 0 aliphatic carbocycles. The van der Waals surface area contributed by atoms with Gasteiger partial charge in [-0.25, -0.2) is 0 Å². The fraction of sp³-hybridized carbons (Fsp3) is 0.865. The van der Waals surface area contributed by atoms with Gasteiger partial charge in [0.15, 0.2) is 0 Å². The Morgan fingerprint density at radius 3 is 1.12 bits per heavy atom. The average Bonchev–Trinajstić information content (AvgIpc) is 3.20. The molecule has 0 saturated carbocycles. The first-order chi connectivity index (χ1) is 28.0. The SMILES string of the molecule is CCCCCCCCC/C=C/CC/C=C/CC/C=C/C(O)C(CO)NC(=O)CC(O)CCCCCCCCCCCCCCCCCCCCCCCCCCC. The summed E-state index contributed by atoms with van der Waals surface area (Å²) in [6, 6.07) is -0.766. The zero-order valence-corrected chi connectivity index (χ0v) is 38.2. The van der Waals surface area contributed by atoms with Crippen molar-refractivity contribution in [1.82, 2.24) is 5.32 Å². The van der Waals surface area contributed by atoms with Gasteiger partial charge in [0.1, 0.15) is 0 Å². The molecule has 0 bridgehead atoms. The van der Waals surface area contributed by atoms with E-state index in [1.54, 1.807) is 6.08 Å². The van der Waals surface area contributed by atoms with Gasteiger partial charge in [0.2, 0.25) is 5.91 Å². The molecule has 0 aromatic heterocycles. The van der Waals surface area contributed by atoms with Crippen molar-refractivity contribution < 1.29 is 20.1 Å². The van der Waals surface area contributed by atoms with Gasteiger partial charge < -0.3 is 20.6 Å². The lowest BCUT2D eigenvalue weighted by molar-refractivity contribution is -0.124. The Hall–Kier alpha value is -1.43. The van der Waals surface area contributed by atoms with Gasteiger partial charge in [0.05, 0.1) is 31.3 Å².